The molecule has 0 spiro atoms. The number of rotatable bonds is 5. The van der Waals surface area contributed by atoms with Crippen molar-refractivity contribution >= 4 is 38.9 Å². The zero-order valence-electron chi connectivity index (χ0n) is 11.6. The van der Waals surface area contributed by atoms with Gasteiger partial charge in [0, 0.05) is 20.8 Å². The first-order valence-electron chi connectivity index (χ1n) is 6.20. The molecular formula is C13H17BrClN3OS. The van der Waals surface area contributed by atoms with Crippen LogP contribution in [0.4, 0.5) is 0 Å². The van der Waals surface area contributed by atoms with Crippen LogP contribution in [0.25, 0.3) is 0 Å². The predicted molar refractivity (Wildman–Crippen MR) is 86.6 cm³/mol. The number of thiophene rings is 1. The molecule has 0 aliphatic rings. The van der Waals surface area contributed by atoms with E-state index in [1.165, 1.54) is 0 Å². The van der Waals surface area contributed by atoms with Crippen LogP contribution in [0.5, 0.6) is 0 Å². The maximum absolute atomic E-state index is 10.6. The van der Waals surface area contributed by atoms with Crippen LogP contribution in [0, 0.1) is 6.92 Å². The average molecular weight is 379 g/mol. The Morgan fingerprint density at radius 3 is 2.80 bits per heavy atom. The smallest absolute Gasteiger partial charge is 0.131 e. The van der Waals surface area contributed by atoms with E-state index in [1.807, 2.05) is 27.1 Å². The summed E-state index contributed by atoms with van der Waals surface area (Å²) in [4.78, 5) is 4.06. The lowest BCUT2D eigenvalue weighted by Gasteiger charge is -2.15. The van der Waals surface area contributed by atoms with Gasteiger partial charge in [-0.1, -0.05) is 11.6 Å². The minimum Gasteiger partial charge on any atom is -0.381 e. The van der Waals surface area contributed by atoms with Gasteiger partial charge in [0.05, 0.1) is 23.5 Å². The van der Waals surface area contributed by atoms with E-state index in [0.717, 1.165) is 20.8 Å². The Morgan fingerprint density at radius 1 is 1.55 bits per heavy atom. The summed E-state index contributed by atoms with van der Waals surface area (Å²) in [6, 6.07) is 1.93. The SMILES string of the molecule is Cc1sc(C(O)c2c(Cl)cnn2CCN(C)C)cc1Br. The molecule has 0 aliphatic carbocycles. The highest BCUT2D eigenvalue weighted by molar-refractivity contribution is 9.10. The van der Waals surface area contributed by atoms with Gasteiger partial charge in [-0.2, -0.15) is 5.10 Å². The van der Waals surface area contributed by atoms with Crippen LogP contribution < -0.4 is 0 Å². The third-order valence-corrected chi connectivity index (χ3v) is 5.48. The molecule has 0 saturated heterocycles. The first-order chi connectivity index (χ1) is 9.40. The van der Waals surface area contributed by atoms with E-state index in [1.54, 1.807) is 22.2 Å². The van der Waals surface area contributed by atoms with Gasteiger partial charge in [-0.05, 0) is 43.0 Å². The first-order valence-corrected chi connectivity index (χ1v) is 8.18. The maximum Gasteiger partial charge on any atom is 0.131 e. The van der Waals surface area contributed by atoms with Gasteiger partial charge in [0.25, 0.3) is 0 Å². The molecule has 4 nitrogen and oxygen atoms in total. The molecule has 0 bridgehead atoms. The van der Waals surface area contributed by atoms with Crippen molar-refractivity contribution in [3.05, 3.63) is 37.2 Å². The molecular weight excluding hydrogens is 362 g/mol. The first kappa shape index (κ1) is 16.0. The summed E-state index contributed by atoms with van der Waals surface area (Å²) in [7, 11) is 4.00. The second kappa shape index (κ2) is 6.58. The summed E-state index contributed by atoms with van der Waals surface area (Å²) in [6.07, 6.45) is 0.841. The van der Waals surface area contributed by atoms with Crippen LogP contribution in [0.1, 0.15) is 21.6 Å². The molecule has 1 N–H and O–H groups in total. The zero-order chi connectivity index (χ0) is 14.9. The van der Waals surface area contributed by atoms with Gasteiger partial charge in [-0.15, -0.1) is 11.3 Å². The quantitative estimate of drug-likeness (QED) is 0.868. The van der Waals surface area contributed by atoms with Crippen LogP contribution in [-0.4, -0.2) is 40.4 Å². The number of likely N-dealkylation sites (N-methyl/N-ethyl adjacent to an activating group) is 1. The van der Waals surface area contributed by atoms with Gasteiger partial charge in [0.1, 0.15) is 6.10 Å². The molecule has 110 valence electrons. The lowest BCUT2D eigenvalue weighted by molar-refractivity contribution is 0.209. The van der Waals surface area contributed by atoms with Crippen molar-refractivity contribution < 1.29 is 5.11 Å². The van der Waals surface area contributed by atoms with Crippen LogP contribution in [0.3, 0.4) is 0 Å². The van der Waals surface area contributed by atoms with Crippen molar-refractivity contribution in [1.29, 1.82) is 0 Å². The maximum atomic E-state index is 10.6. The van der Waals surface area contributed by atoms with Crippen molar-refractivity contribution in [2.24, 2.45) is 0 Å². The number of nitrogens with zero attached hydrogens (tertiary/aromatic N) is 3. The van der Waals surface area contributed by atoms with E-state index in [4.69, 9.17) is 11.6 Å². The second-order valence-electron chi connectivity index (χ2n) is 4.86. The van der Waals surface area contributed by atoms with Crippen LogP contribution in [-0.2, 0) is 6.54 Å². The van der Waals surface area contributed by atoms with Crippen molar-refractivity contribution in [3.8, 4) is 0 Å². The second-order valence-corrected chi connectivity index (χ2v) is 7.41. The predicted octanol–water partition coefficient (Wildman–Crippen LogP) is 3.31. The topological polar surface area (TPSA) is 41.3 Å². The highest BCUT2D eigenvalue weighted by Gasteiger charge is 2.22. The Morgan fingerprint density at radius 2 is 2.25 bits per heavy atom. The molecule has 0 amide bonds. The molecule has 0 fully saturated rings. The zero-order valence-corrected chi connectivity index (χ0v) is 14.8. The molecule has 2 rings (SSSR count). The number of aliphatic hydroxyl groups excluding tert-OH is 1. The van der Waals surface area contributed by atoms with Crippen molar-refractivity contribution in [1.82, 2.24) is 14.7 Å². The molecule has 0 saturated carbocycles. The monoisotopic (exact) mass is 377 g/mol. The molecule has 1 unspecified atom stereocenters. The lowest BCUT2D eigenvalue weighted by atomic mass is 10.2. The van der Waals surface area contributed by atoms with E-state index >= 15 is 0 Å². The molecule has 0 aliphatic heterocycles. The molecule has 2 heterocycles. The fraction of sp³-hybridized carbons (Fsp3) is 0.462. The highest BCUT2D eigenvalue weighted by Crippen LogP contribution is 2.35. The minimum absolute atomic E-state index is 0.499. The van der Waals surface area contributed by atoms with E-state index in [2.05, 4.69) is 25.9 Å². The standard InChI is InChI=1S/C13H17BrClN3OS/c1-8-9(14)6-11(20-8)13(19)12-10(15)7-16-18(12)5-4-17(2)3/h6-7,13,19H,4-5H2,1-3H3. The summed E-state index contributed by atoms with van der Waals surface area (Å²) in [5.41, 5.74) is 0.655. The minimum atomic E-state index is -0.748. The summed E-state index contributed by atoms with van der Waals surface area (Å²) < 4.78 is 2.78. The van der Waals surface area contributed by atoms with Crippen molar-refractivity contribution in [2.45, 2.75) is 19.6 Å². The number of hydrogen-bond donors (Lipinski definition) is 1. The summed E-state index contributed by atoms with van der Waals surface area (Å²) in [6.45, 7) is 3.54. The molecule has 0 aromatic carbocycles. The molecule has 7 heteroatoms. The van der Waals surface area contributed by atoms with Crippen molar-refractivity contribution in [3.63, 3.8) is 0 Å². The molecule has 2 aromatic heterocycles. The molecule has 0 radical (unpaired) electrons. The van der Waals surface area contributed by atoms with E-state index in [9.17, 15) is 5.11 Å². The Balaban J connectivity index is 2.29. The Bertz CT molecular complexity index is 577. The normalized spacial score (nSPS) is 13.2. The summed E-state index contributed by atoms with van der Waals surface area (Å²) >= 11 is 11.2. The van der Waals surface area contributed by atoms with Crippen LogP contribution >= 0.6 is 38.9 Å². The number of halogens is 2. The van der Waals surface area contributed by atoms with Gasteiger partial charge in [0.15, 0.2) is 0 Å². The molecule has 20 heavy (non-hydrogen) atoms. The van der Waals surface area contributed by atoms with Crippen LogP contribution in [0.2, 0.25) is 5.02 Å². The van der Waals surface area contributed by atoms with Gasteiger partial charge in [-0.3, -0.25) is 4.68 Å². The van der Waals surface area contributed by atoms with E-state index in [0.29, 0.717) is 17.3 Å². The Hall–Kier alpha value is -0.400. The molecule has 1 atom stereocenters. The highest BCUT2D eigenvalue weighted by atomic mass is 79.9. The van der Waals surface area contributed by atoms with Gasteiger partial charge >= 0.3 is 0 Å². The van der Waals surface area contributed by atoms with Gasteiger partial charge in [0.2, 0.25) is 0 Å². The van der Waals surface area contributed by atoms with Gasteiger partial charge in [-0.25, -0.2) is 0 Å². The fourth-order valence-electron chi connectivity index (χ4n) is 1.87. The average Bonchev–Trinajstić information content (AvgIpc) is 2.90. The van der Waals surface area contributed by atoms with Crippen molar-refractivity contribution in [2.75, 3.05) is 20.6 Å². The lowest BCUT2D eigenvalue weighted by Crippen LogP contribution is -2.21. The summed E-state index contributed by atoms with van der Waals surface area (Å²) in [5, 5.41) is 15.3. The summed E-state index contributed by atoms with van der Waals surface area (Å²) in [5.74, 6) is 0. The Kier molecular flexibility index (Phi) is 5.25. The fourth-order valence-corrected chi connectivity index (χ4v) is 3.66. The third kappa shape index (κ3) is 3.43. The van der Waals surface area contributed by atoms with Crippen LogP contribution in [0.15, 0.2) is 16.7 Å². The third-order valence-electron chi connectivity index (χ3n) is 3.00. The van der Waals surface area contributed by atoms with E-state index < -0.39 is 6.10 Å². The molecule has 2 aromatic rings. The van der Waals surface area contributed by atoms with Gasteiger partial charge < -0.3 is 10.0 Å². The number of aliphatic hydroxyl groups is 1. The van der Waals surface area contributed by atoms with E-state index in [-0.39, 0.29) is 0 Å². The Labute approximate surface area is 136 Å². The largest absolute Gasteiger partial charge is 0.381 e. The number of aryl methyl sites for hydroxylation is 1. The number of hydrogen-bond acceptors (Lipinski definition) is 4. The number of aromatic nitrogens is 2.